The Morgan fingerprint density at radius 2 is 1.65 bits per heavy atom. The van der Waals surface area contributed by atoms with Crippen LogP contribution in [-0.2, 0) is 5.54 Å². The first-order valence-corrected chi connectivity index (χ1v) is 8.70. The second-order valence-corrected chi connectivity index (χ2v) is 6.63. The molecule has 1 fully saturated rings. The Kier molecular flexibility index (Phi) is 4.03. The van der Waals surface area contributed by atoms with Crippen LogP contribution in [-0.4, -0.2) is 20.1 Å². The molecule has 0 bridgehead atoms. The third-order valence-corrected chi connectivity index (χ3v) is 5.05. The Balaban J connectivity index is 1.65. The molecular formula is C22H21NO3. The van der Waals surface area contributed by atoms with E-state index in [1.165, 1.54) is 16.3 Å². The normalized spacial score (nSPS) is 14.7. The molecule has 4 rings (SSSR count). The van der Waals surface area contributed by atoms with Crippen LogP contribution in [0.4, 0.5) is 0 Å². The summed E-state index contributed by atoms with van der Waals surface area (Å²) in [5, 5.41) is 5.63. The zero-order chi connectivity index (χ0) is 18.1. The van der Waals surface area contributed by atoms with Crippen molar-refractivity contribution in [1.82, 2.24) is 5.32 Å². The van der Waals surface area contributed by atoms with Crippen molar-refractivity contribution in [2.75, 3.05) is 14.2 Å². The average Bonchev–Trinajstić information content (AvgIpc) is 3.47. The number of benzene rings is 3. The van der Waals surface area contributed by atoms with Crippen molar-refractivity contribution in [2.24, 2.45) is 0 Å². The molecule has 0 aromatic heterocycles. The predicted octanol–water partition coefficient (Wildman–Crippen LogP) is 4.28. The molecule has 0 atom stereocenters. The van der Waals surface area contributed by atoms with Crippen LogP contribution in [0.1, 0.15) is 28.8 Å². The highest BCUT2D eigenvalue weighted by Crippen LogP contribution is 2.48. The number of carbonyl (C=O) groups excluding carboxylic acids is 1. The van der Waals surface area contributed by atoms with Gasteiger partial charge in [-0.1, -0.05) is 42.5 Å². The highest BCUT2D eigenvalue weighted by atomic mass is 16.5. The smallest absolute Gasteiger partial charge is 0.252 e. The molecule has 1 saturated carbocycles. The third kappa shape index (κ3) is 2.77. The Hall–Kier alpha value is -3.01. The van der Waals surface area contributed by atoms with Crippen molar-refractivity contribution < 1.29 is 14.3 Å². The number of amides is 1. The highest BCUT2D eigenvalue weighted by molar-refractivity contribution is 5.96. The van der Waals surface area contributed by atoms with Crippen molar-refractivity contribution in [3.8, 4) is 11.5 Å². The van der Waals surface area contributed by atoms with Crippen molar-refractivity contribution in [3.63, 3.8) is 0 Å². The van der Waals surface area contributed by atoms with Gasteiger partial charge in [-0.25, -0.2) is 0 Å². The molecule has 0 radical (unpaired) electrons. The van der Waals surface area contributed by atoms with Gasteiger partial charge < -0.3 is 14.8 Å². The average molecular weight is 347 g/mol. The molecule has 4 heteroatoms. The molecule has 1 N–H and O–H groups in total. The summed E-state index contributed by atoms with van der Waals surface area (Å²) in [6, 6.07) is 19.8. The minimum Gasteiger partial charge on any atom is -0.493 e. The molecule has 132 valence electrons. The molecule has 4 nitrogen and oxygen atoms in total. The molecule has 3 aromatic carbocycles. The Morgan fingerprint density at radius 1 is 0.923 bits per heavy atom. The van der Waals surface area contributed by atoms with E-state index in [-0.39, 0.29) is 11.4 Å². The summed E-state index contributed by atoms with van der Waals surface area (Å²) < 4.78 is 10.6. The van der Waals surface area contributed by atoms with E-state index < -0.39 is 0 Å². The zero-order valence-electron chi connectivity index (χ0n) is 14.9. The topological polar surface area (TPSA) is 47.6 Å². The molecule has 3 aromatic rings. The fourth-order valence-electron chi connectivity index (χ4n) is 3.50. The Morgan fingerprint density at radius 3 is 2.38 bits per heavy atom. The van der Waals surface area contributed by atoms with Crippen molar-refractivity contribution in [1.29, 1.82) is 0 Å². The van der Waals surface area contributed by atoms with Gasteiger partial charge in [0.05, 0.1) is 19.8 Å². The molecule has 0 heterocycles. The fraction of sp³-hybridized carbons (Fsp3) is 0.227. The summed E-state index contributed by atoms with van der Waals surface area (Å²) in [6.07, 6.45) is 1.89. The van der Waals surface area contributed by atoms with Crippen LogP contribution >= 0.6 is 0 Å². The number of nitrogens with one attached hydrogen (secondary N) is 1. The predicted molar refractivity (Wildman–Crippen MR) is 102 cm³/mol. The largest absolute Gasteiger partial charge is 0.493 e. The summed E-state index contributed by atoms with van der Waals surface area (Å²) in [5.74, 6) is 1.06. The molecule has 0 unspecified atom stereocenters. The summed E-state index contributed by atoms with van der Waals surface area (Å²) >= 11 is 0. The first-order valence-electron chi connectivity index (χ1n) is 8.70. The van der Waals surface area contributed by atoms with Crippen LogP contribution in [0.2, 0.25) is 0 Å². The molecule has 0 spiro atoms. The number of hydrogen-bond donors (Lipinski definition) is 1. The minimum atomic E-state index is -0.287. The number of ether oxygens (including phenoxy) is 2. The SMILES string of the molecule is COc1ccc(C(=O)NC2(c3cccc4ccccc34)CC2)cc1OC. The van der Waals surface area contributed by atoms with Crippen LogP contribution in [0.3, 0.4) is 0 Å². The van der Waals surface area contributed by atoms with Crippen LogP contribution in [0, 0.1) is 0 Å². The minimum absolute atomic E-state index is 0.101. The quantitative estimate of drug-likeness (QED) is 0.749. The van der Waals surface area contributed by atoms with Crippen molar-refractivity contribution >= 4 is 16.7 Å². The van der Waals surface area contributed by atoms with E-state index >= 15 is 0 Å². The van der Waals surface area contributed by atoms with Gasteiger partial charge >= 0.3 is 0 Å². The maximum Gasteiger partial charge on any atom is 0.252 e. The van der Waals surface area contributed by atoms with Gasteiger partial charge in [0.25, 0.3) is 5.91 Å². The van der Waals surface area contributed by atoms with E-state index in [2.05, 4.69) is 35.6 Å². The van der Waals surface area contributed by atoms with Gasteiger partial charge in [0, 0.05) is 5.56 Å². The monoisotopic (exact) mass is 347 g/mol. The Labute approximate surface area is 152 Å². The van der Waals surface area contributed by atoms with Gasteiger partial charge in [-0.05, 0) is 47.4 Å². The lowest BCUT2D eigenvalue weighted by molar-refractivity contribution is 0.0930. The second kappa shape index (κ2) is 6.37. The Bertz CT molecular complexity index is 971. The lowest BCUT2D eigenvalue weighted by Gasteiger charge is -2.20. The summed E-state index contributed by atoms with van der Waals surface area (Å²) in [7, 11) is 3.15. The van der Waals surface area contributed by atoms with Crippen LogP contribution in [0.15, 0.2) is 60.7 Å². The van der Waals surface area contributed by atoms with Gasteiger partial charge in [-0.3, -0.25) is 4.79 Å². The van der Waals surface area contributed by atoms with Gasteiger partial charge in [0.15, 0.2) is 11.5 Å². The first-order chi connectivity index (χ1) is 12.7. The number of methoxy groups -OCH3 is 2. The van der Waals surface area contributed by atoms with Crippen molar-refractivity contribution in [3.05, 3.63) is 71.8 Å². The van der Waals surface area contributed by atoms with Crippen LogP contribution in [0.25, 0.3) is 10.8 Å². The molecule has 26 heavy (non-hydrogen) atoms. The van der Waals surface area contributed by atoms with E-state index in [0.717, 1.165) is 12.8 Å². The van der Waals surface area contributed by atoms with Crippen LogP contribution in [0.5, 0.6) is 11.5 Å². The molecule has 1 aliphatic carbocycles. The molecular weight excluding hydrogens is 326 g/mol. The van der Waals surface area contributed by atoms with Gasteiger partial charge in [-0.15, -0.1) is 0 Å². The second-order valence-electron chi connectivity index (χ2n) is 6.63. The highest BCUT2D eigenvalue weighted by Gasteiger charge is 2.46. The van der Waals surface area contributed by atoms with E-state index in [1.807, 2.05) is 12.1 Å². The molecule has 1 aliphatic rings. The molecule has 0 saturated heterocycles. The number of hydrogen-bond acceptors (Lipinski definition) is 3. The lowest BCUT2D eigenvalue weighted by Crippen LogP contribution is -2.35. The van der Waals surface area contributed by atoms with Gasteiger partial charge in [0.1, 0.15) is 0 Å². The van der Waals surface area contributed by atoms with Gasteiger partial charge in [0.2, 0.25) is 0 Å². The zero-order valence-corrected chi connectivity index (χ0v) is 14.9. The fourth-order valence-corrected chi connectivity index (χ4v) is 3.50. The maximum absolute atomic E-state index is 12.9. The molecule has 0 aliphatic heterocycles. The van der Waals surface area contributed by atoms with E-state index in [1.54, 1.807) is 32.4 Å². The first kappa shape index (κ1) is 16.5. The maximum atomic E-state index is 12.9. The summed E-state index contributed by atoms with van der Waals surface area (Å²) in [4.78, 5) is 12.9. The lowest BCUT2D eigenvalue weighted by atomic mass is 9.96. The van der Waals surface area contributed by atoms with E-state index in [0.29, 0.717) is 17.1 Å². The van der Waals surface area contributed by atoms with Gasteiger partial charge in [-0.2, -0.15) is 0 Å². The molecule has 1 amide bonds. The van der Waals surface area contributed by atoms with Crippen molar-refractivity contribution in [2.45, 2.75) is 18.4 Å². The third-order valence-electron chi connectivity index (χ3n) is 5.05. The number of carbonyl (C=O) groups is 1. The summed E-state index contributed by atoms with van der Waals surface area (Å²) in [6.45, 7) is 0. The summed E-state index contributed by atoms with van der Waals surface area (Å²) in [5.41, 5.74) is 1.46. The number of fused-ring (bicyclic) bond motifs is 1. The van der Waals surface area contributed by atoms with E-state index in [9.17, 15) is 4.79 Å². The standard InChI is InChI=1S/C22H21NO3/c1-25-19-11-10-16(14-20(19)26-2)21(24)23-22(12-13-22)18-9-5-7-15-6-3-4-8-17(15)18/h3-11,14H,12-13H2,1-2H3,(H,23,24). The number of rotatable bonds is 5. The van der Waals surface area contributed by atoms with Crippen LogP contribution < -0.4 is 14.8 Å². The van der Waals surface area contributed by atoms with E-state index in [4.69, 9.17) is 9.47 Å².